The molecule has 2 nitrogen and oxygen atoms in total. The molecule has 12 heavy (non-hydrogen) atoms. The van der Waals surface area contributed by atoms with Gasteiger partial charge in [-0.25, -0.2) is 0 Å². The van der Waals surface area contributed by atoms with Gasteiger partial charge in [0.25, 0.3) is 0 Å². The molecule has 0 N–H and O–H groups in total. The summed E-state index contributed by atoms with van der Waals surface area (Å²) in [6.07, 6.45) is 2.38. The van der Waals surface area contributed by atoms with Gasteiger partial charge in [0.15, 0.2) is 0 Å². The van der Waals surface area contributed by atoms with Crippen molar-refractivity contribution in [3.63, 3.8) is 0 Å². The molecule has 1 atom stereocenters. The van der Waals surface area contributed by atoms with Crippen LogP contribution in [0.4, 0.5) is 0 Å². The highest BCUT2D eigenvalue weighted by atomic mass is 16.1. The first-order valence-corrected chi connectivity index (χ1v) is 4.88. The Morgan fingerprint density at radius 3 is 2.33 bits per heavy atom. The molecule has 0 amide bonds. The molecule has 0 aliphatic heterocycles. The molecule has 0 rings (SSSR count). The normalized spacial score (nSPS) is 13.4. The standard InChI is InChI=1S/C10H21NO/c1-5-7-8-11(6-2)9(3)10(4)12/h9H,5-8H2,1-4H3. The second-order valence-corrected chi connectivity index (χ2v) is 3.27. The summed E-state index contributed by atoms with van der Waals surface area (Å²) in [4.78, 5) is 13.3. The predicted molar refractivity (Wildman–Crippen MR) is 52.3 cm³/mol. The number of carbonyl (C=O) groups is 1. The molecule has 0 aliphatic rings. The van der Waals surface area contributed by atoms with E-state index in [1.807, 2.05) is 6.92 Å². The number of carbonyl (C=O) groups excluding carboxylic acids is 1. The minimum absolute atomic E-state index is 0.0987. The Labute approximate surface area is 75.9 Å². The molecule has 2 heteroatoms. The van der Waals surface area contributed by atoms with Crippen molar-refractivity contribution in [3.8, 4) is 0 Å². The average Bonchev–Trinajstić information content (AvgIpc) is 2.05. The molecule has 0 saturated heterocycles. The lowest BCUT2D eigenvalue weighted by molar-refractivity contribution is -0.121. The van der Waals surface area contributed by atoms with Gasteiger partial charge in [-0.2, -0.15) is 0 Å². The van der Waals surface area contributed by atoms with Crippen LogP contribution < -0.4 is 0 Å². The average molecular weight is 171 g/mol. The van der Waals surface area contributed by atoms with E-state index in [2.05, 4.69) is 18.7 Å². The van der Waals surface area contributed by atoms with Crippen molar-refractivity contribution in [1.29, 1.82) is 0 Å². The first kappa shape index (κ1) is 11.6. The van der Waals surface area contributed by atoms with Gasteiger partial charge in [0.05, 0.1) is 6.04 Å². The number of unbranched alkanes of at least 4 members (excludes halogenated alkanes) is 1. The number of ketones is 1. The van der Waals surface area contributed by atoms with E-state index in [0.29, 0.717) is 0 Å². The van der Waals surface area contributed by atoms with Gasteiger partial charge in [-0.1, -0.05) is 20.3 Å². The van der Waals surface area contributed by atoms with Crippen molar-refractivity contribution < 1.29 is 4.79 Å². The second-order valence-electron chi connectivity index (χ2n) is 3.27. The van der Waals surface area contributed by atoms with Crippen molar-refractivity contribution in [2.24, 2.45) is 0 Å². The van der Waals surface area contributed by atoms with E-state index in [0.717, 1.165) is 13.1 Å². The maximum Gasteiger partial charge on any atom is 0.146 e. The van der Waals surface area contributed by atoms with E-state index >= 15 is 0 Å². The fourth-order valence-electron chi connectivity index (χ4n) is 1.24. The third-order valence-electron chi connectivity index (χ3n) is 2.34. The Bertz CT molecular complexity index is 134. The monoisotopic (exact) mass is 171 g/mol. The molecule has 0 saturated carbocycles. The Morgan fingerprint density at radius 2 is 2.00 bits per heavy atom. The summed E-state index contributed by atoms with van der Waals surface area (Å²) in [6.45, 7) is 9.95. The van der Waals surface area contributed by atoms with Crippen molar-refractivity contribution in [2.75, 3.05) is 13.1 Å². The molecule has 0 fully saturated rings. The summed E-state index contributed by atoms with van der Waals surface area (Å²) in [5.74, 6) is 0.271. The van der Waals surface area contributed by atoms with Gasteiger partial charge >= 0.3 is 0 Å². The third-order valence-corrected chi connectivity index (χ3v) is 2.34. The highest BCUT2D eigenvalue weighted by molar-refractivity contribution is 5.80. The van der Waals surface area contributed by atoms with Gasteiger partial charge in [0, 0.05) is 0 Å². The highest BCUT2D eigenvalue weighted by Gasteiger charge is 2.14. The summed E-state index contributed by atoms with van der Waals surface area (Å²) >= 11 is 0. The van der Waals surface area contributed by atoms with Crippen molar-refractivity contribution >= 4 is 5.78 Å². The van der Waals surface area contributed by atoms with Crippen molar-refractivity contribution in [1.82, 2.24) is 4.90 Å². The molecule has 0 bridgehead atoms. The number of rotatable bonds is 6. The van der Waals surface area contributed by atoms with Crippen LogP contribution in [0.1, 0.15) is 40.5 Å². The Hall–Kier alpha value is -0.370. The van der Waals surface area contributed by atoms with Crippen LogP contribution in [-0.4, -0.2) is 29.8 Å². The Kier molecular flexibility index (Phi) is 5.99. The molecule has 0 radical (unpaired) electrons. The van der Waals surface area contributed by atoms with E-state index < -0.39 is 0 Å². The largest absolute Gasteiger partial charge is 0.298 e. The summed E-state index contributed by atoms with van der Waals surface area (Å²) in [5, 5.41) is 0. The SMILES string of the molecule is CCCCN(CC)C(C)C(C)=O. The Morgan fingerprint density at radius 1 is 1.42 bits per heavy atom. The van der Waals surface area contributed by atoms with Gasteiger partial charge < -0.3 is 0 Å². The van der Waals surface area contributed by atoms with Crippen LogP contribution in [-0.2, 0) is 4.79 Å². The quantitative estimate of drug-likeness (QED) is 0.610. The summed E-state index contributed by atoms with van der Waals surface area (Å²) in [5.41, 5.74) is 0. The zero-order chi connectivity index (χ0) is 9.56. The molecule has 0 aliphatic carbocycles. The first-order chi connectivity index (χ1) is 5.63. The molecule has 0 spiro atoms. The first-order valence-electron chi connectivity index (χ1n) is 4.88. The maximum atomic E-state index is 11.1. The van der Waals surface area contributed by atoms with E-state index in [1.165, 1.54) is 12.8 Å². The molecule has 72 valence electrons. The van der Waals surface area contributed by atoms with Crippen molar-refractivity contribution in [2.45, 2.75) is 46.6 Å². The van der Waals surface area contributed by atoms with Crippen LogP contribution in [0.15, 0.2) is 0 Å². The van der Waals surface area contributed by atoms with Crippen molar-refractivity contribution in [3.05, 3.63) is 0 Å². The van der Waals surface area contributed by atoms with E-state index in [9.17, 15) is 4.79 Å². The lowest BCUT2D eigenvalue weighted by Gasteiger charge is -2.25. The van der Waals surface area contributed by atoms with Crippen LogP contribution in [0.2, 0.25) is 0 Å². The van der Waals surface area contributed by atoms with Crippen LogP contribution >= 0.6 is 0 Å². The van der Waals surface area contributed by atoms with Crippen LogP contribution in [0.25, 0.3) is 0 Å². The number of nitrogens with zero attached hydrogens (tertiary/aromatic N) is 1. The lowest BCUT2D eigenvalue weighted by Crippen LogP contribution is -2.38. The minimum atomic E-state index is 0.0987. The molecule has 0 aromatic carbocycles. The molecule has 0 heterocycles. The predicted octanol–water partition coefficient (Wildman–Crippen LogP) is 2.09. The topological polar surface area (TPSA) is 20.3 Å². The number of hydrogen-bond donors (Lipinski definition) is 0. The summed E-state index contributed by atoms with van der Waals surface area (Å²) < 4.78 is 0. The molecular formula is C10H21NO. The van der Waals surface area contributed by atoms with Gasteiger partial charge in [0.2, 0.25) is 0 Å². The van der Waals surface area contributed by atoms with E-state index in [1.54, 1.807) is 6.92 Å². The van der Waals surface area contributed by atoms with E-state index in [4.69, 9.17) is 0 Å². The van der Waals surface area contributed by atoms with Crippen LogP contribution in [0.5, 0.6) is 0 Å². The maximum absolute atomic E-state index is 11.1. The molecule has 0 aromatic rings. The van der Waals surface area contributed by atoms with Crippen LogP contribution in [0.3, 0.4) is 0 Å². The van der Waals surface area contributed by atoms with Gasteiger partial charge in [-0.15, -0.1) is 0 Å². The second kappa shape index (κ2) is 6.18. The van der Waals surface area contributed by atoms with E-state index in [-0.39, 0.29) is 11.8 Å². The van der Waals surface area contributed by atoms with Gasteiger partial charge in [-0.3, -0.25) is 9.69 Å². The van der Waals surface area contributed by atoms with Crippen LogP contribution in [0, 0.1) is 0 Å². The fraction of sp³-hybridized carbons (Fsp3) is 0.900. The highest BCUT2D eigenvalue weighted by Crippen LogP contribution is 2.02. The van der Waals surface area contributed by atoms with Gasteiger partial charge in [0.1, 0.15) is 5.78 Å². The number of hydrogen-bond acceptors (Lipinski definition) is 2. The van der Waals surface area contributed by atoms with Gasteiger partial charge in [-0.05, 0) is 33.4 Å². The zero-order valence-corrected chi connectivity index (χ0v) is 8.76. The summed E-state index contributed by atoms with van der Waals surface area (Å²) in [7, 11) is 0. The molecule has 1 unspecified atom stereocenters. The zero-order valence-electron chi connectivity index (χ0n) is 8.76. The fourth-order valence-corrected chi connectivity index (χ4v) is 1.24. The minimum Gasteiger partial charge on any atom is -0.298 e. The number of likely N-dealkylation sites (N-methyl/N-ethyl adjacent to an activating group) is 1. The number of Topliss-reactive ketones (excluding diaryl/α,β-unsaturated/α-hetero) is 1. The molecule has 0 aromatic heterocycles. The lowest BCUT2D eigenvalue weighted by atomic mass is 10.2. The summed E-state index contributed by atoms with van der Waals surface area (Å²) in [6, 6.07) is 0.0987. The Balaban J connectivity index is 3.87. The molecular weight excluding hydrogens is 150 g/mol. The third kappa shape index (κ3) is 3.86. The smallest absolute Gasteiger partial charge is 0.146 e.